The molecule has 1 aliphatic heterocycles. The van der Waals surface area contributed by atoms with Crippen LogP contribution in [0.25, 0.3) is 0 Å². The molecule has 4 heteroatoms. The minimum absolute atomic E-state index is 0.860. The Labute approximate surface area is 92.0 Å². The highest BCUT2D eigenvalue weighted by Gasteiger charge is 2.16. The third-order valence-electron chi connectivity index (χ3n) is 2.21. The lowest BCUT2D eigenvalue weighted by Gasteiger charge is -2.18. The predicted molar refractivity (Wildman–Crippen MR) is 60.6 cm³/mol. The van der Waals surface area contributed by atoms with Gasteiger partial charge in [-0.05, 0) is 19.1 Å². The van der Waals surface area contributed by atoms with Crippen LogP contribution in [0.2, 0.25) is 0 Å². The van der Waals surface area contributed by atoms with Gasteiger partial charge in [0.2, 0.25) is 0 Å². The summed E-state index contributed by atoms with van der Waals surface area (Å²) in [6.45, 7) is 1.94. The number of nitrogens with zero attached hydrogens (tertiary/aromatic N) is 2. The molecule has 74 valence electrons. The molecule has 15 heavy (non-hydrogen) atoms. The van der Waals surface area contributed by atoms with E-state index in [1.807, 2.05) is 19.1 Å². The zero-order valence-corrected chi connectivity index (χ0v) is 9.01. The van der Waals surface area contributed by atoms with Gasteiger partial charge in [0.1, 0.15) is 5.03 Å². The molecule has 0 saturated carbocycles. The third-order valence-corrected chi connectivity index (χ3v) is 3.27. The van der Waals surface area contributed by atoms with Crippen molar-refractivity contribution in [3.8, 4) is 0 Å². The number of aromatic nitrogens is 2. The highest BCUT2D eigenvalue weighted by molar-refractivity contribution is 7.99. The lowest BCUT2D eigenvalue weighted by Crippen LogP contribution is -2.04. The number of hydrogen-bond acceptors (Lipinski definition) is 4. The van der Waals surface area contributed by atoms with E-state index in [1.54, 1.807) is 18.0 Å². The normalized spacial score (nSPS) is 12.6. The highest BCUT2D eigenvalue weighted by atomic mass is 32.2. The molecule has 0 bridgehead atoms. The van der Waals surface area contributed by atoms with E-state index >= 15 is 0 Å². The van der Waals surface area contributed by atoms with Crippen molar-refractivity contribution in [3.63, 3.8) is 0 Å². The molecule has 1 aromatic carbocycles. The van der Waals surface area contributed by atoms with E-state index in [2.05, 4.69) is 27.4 Å². The quantitative estimate of drug-likeness (QED) is 0.625. The second-order valence-corrected chi connectivity index (χ2v) is 4.42. The van der Waals surface area contributed by atoms with Crippen molar-refractivity contribution in [1.82, 2.24) is 9.97 Å². The van der Waals surface area contributed by atoms with Gasteiger partial charge < -0.3 is 5.32 Å². The molecule has 0 unspecified atom stereocenters. The Bertz CT molecular complexity index is 525. The van der Waals surface area contributed by atoms with Crippen LogP contribution in [0.4, 0.5) is 11.5 Å². The Kier molecular flexibility index (Phi) is 1.89. The Hall–Kier alpha value is -1.55. The van der Waals surface area contributed by atoms with Gasteiger partial charge in [0, 0.05) is 11.1 Å². The smallest absolute Gasteiger partial charge is 0.163 e. The van der Waals surface area contributed by atoms with Gasteiger partial charge in [0.05, 0.1) is 11.4 Å². The number of fused-ring (bicyclic) bond motifs is 2. The molecule has 0 amide bonds. The minimum Gasteiger partial charge on any atom is -0.337 e. The van der Waals surface area contributed by atoms with Gasteiger partial charge >= 0.3 is 0 Å². The first-order valence-electron chi connectivity index (χ1n) is 4.70. The number of rotatable bonds is 0. The fraction of sp³-hybridized carbons (Fsp3) is 0.0909. The van der Waals surface area contributed by atoms with Crippen LogP contribution >= 0.6 is 11.8 Å². The summed E-state index contributed by atoms with van der Waals surface area (Å²) in [6.07, 6.45) is 1.79. The fourth-order valence-corrected chi connectivity index (χ4v) is 2.40. The van der Waals surface area contributed by atoms with E-state index in [4.69, 9.17) is 0 Å². The second-order valence-electron chi connectivity index (χ2n) is 3.39. The van der Waals surface area contributed by atoms with E-state index in [1.165, 1.54) is 4.90 Å². The summed E-state index contributed by atoms with van der Waals surface area (Å²) in [4.78, 5) is 9.97. The number of nitrogens with one attached hydrogen (secondary N) is 1. The first-order chi connectivity index (χ1) is 7.33. The molecule has 1 aromatic heterocycles. The Morgan fingerprint density at radius 2 is 2.13 bits per heavy atom. The zero-order chi connectivity index (χ0) is 10.3. The van der Waals surface area contributed by atoms with E-state index in [0.29, 0.717) is 0 Å². The standard InChI is InChI=1S/C11H9N3S/c1-7-6-12-11-10(13-7)14-8-4-2-3-5-9(8)15-11/h2-6H,1H3,(H,13,14). The number of anilines is 2. The van der Waals surface area contributed by atoms with Crippen molar-refractivity contribution in [2.75, 3.05) is 5.32 Å². The van der Waals surface area contributed by atoms with Gasteiger partial charge in [-0.1, -0.05) is 23.9 Å². The van der Waals surface area contributed by atoms with Crippen LogP contribution in [0, 0.1) is 6.92 Å². The van der Waals surface area contributed by atoms with Gasteiger partial charge in [-0.3, -0.25) is 0 Å². The van der Waals surface area contributed by atoms with Crippen molar-refractivity contribution in [2.45, 2.75) is 16.8 Å². The maximum atomic E-state index is 4.42. The molecule has 3 nitrogen and oxygen atoms in total. The summed E-state index contributed by atoms with van der Waals surface area (Å²) in [5.41, 5.74) is 2.04. The highest BCUT2D eigenvalue weighted by Crippen LogP contribution is 2.41. The topological polar surface area (TPSA) is 37.8 Å². The molecule has 0 spiro atoms. The van der Waals surface area contributed by atoms with Crippen LogP contribution < -0.4 is 5.32 Å². The van der Waals surface area contributed by atoms with E-state index < -0.39 is 0 Å². The molecular formula is C11H9N3S. The van der Waals surface area contributed by atoms with Gasteiger partial charge in [0.25, 0.3) is 0 Å². The number of para-hydroxylation sites is 1. The lowest BCUT2D eigenvalue weighted by atomic mass is 10.3. The van der Waals surface area contributed by atoms with E-state index in [0.717, 1.165) is 22.2 Å². The van der Waals surface area contributed by atoms with Gasteiger partial charge in [-0.15, -0.1) is 0 Å². The van der Waals surface area contributed by atoms with Crippen molar-refractivity contribution in [3.05, 3.63) is 36.2 Å². The summed E-state index contributed by atoms with van der Waals surface area (Å²) in [6, 6.07) is 8.17. The van der Waals surface area contributed by atoms with Crippen molar-refractivity contribution in [1.29, 1.82) is 0 Å². The van der Waals surface area contributed by atoms with E-state index in [-0.39, 0.29) is 0 Å². The predicted octanol–water partition coefficient (Wildman–Crippen LogP) is 2.99. The summed E-state index contributed by atoms with van der Waals surface area (Å²) >= 11 is 1.66. The van der Waals surface area contributed by atoms with Crippen LogP contribution in [0.3, 0.4) is 0 Å². The maximum Gasteiger partial charge on any atom is 0.163 e. The first kappa shape index (κ1) is 8.73. The van der Waals surface area contributed by atoms with Gasteiger partial charge in [-0.2, -0.15) is 0 Å². The Morgan fingerprint density at radius 3 is 3.07 bits per heavy atom. The first-order valence-corrected chi connectivity index (χ1v) is 5.52. The fourth-order valence-electron chi connectivity index (χ4n) is 1.51. The van der Waals surface area contributed by atoms with Crippen molar-refractivity contribution in [2.24, 2.45) is 0 Å². The molecule has 0 radical (unpaired) electrons. The summed E-state index contributed by atoms with van der Waals surface area (Å²) in [5, 5.41) is 4.23. The molecule has 1 aliphatic rings. The Balaban J connectivity index is 2.11. The third kappa shape index (κ3) is 1.47. The monoisotopic (exact) mass is 215 g/mol. The lowest BCUT2D eigenvalue weighted by molar-refractivity contribution is 1.01. The molecule has 0 fully saturated rings. The molecule has 0 aliphatic carbocycles. The van der Waals surface area contributed by atoms with Crippen LogP contribution in [0.15, 0.2) is 40.4 Å². The SMILES string of the molecule is Cc1cnc2c(n1)Nc1ccccc1S2. The summed E-state index contributed by atoms with van der Waals surface area (Å²) < 4.78 is 0. The van der Waals surface area contributed by atoms with Crippen molar-refractivity contribution < 1.29 is 0 Å². The van der Waals surface area contributed by atoms with Gasteiger partial charge in [0.15, 0.2) is 5.82 Å². The zero-order valence-electron chi connectivity index (χ0n) is 8.19. The minimum atomic E-state index is 0.860. The number of benzene rings is 1. The number of hydrogen-bond donors (Lipinski definition) is 1. The Morgan fingerprint density at radius 1 is 1.27 bits per heavy atom. The second kappa shape index (κ2) is 3.24. The maximum absolute atomic E-state index is 4.42. The molecule has 0 saturated heterocycles. The van der Waals surface area contributed by atoms with E-state index in [9.17, 15) is 0 Å². The summed E-state index contributed by atoms with van der Waals surface area (Å²) in [7, 11) is 0. The van der Waals surface area contributed by atoms with Crippen molar-refractivity contribution >= 4 is 23.3 Å². The molecule has 1 N–H and O–H groups in total. The van der Waals surface area contributed by atoms with Crippen LogP contribution in [-0.2, 0) is 0 Å². The molecule has 0 atom stereocenters. The van der Waals surface area contributed by atoms with Gasteiger partial charge in [-0.25, -0.2) is 9.97 Å². The van der Waals surface area contributed by atoms with Crippen LogP contribution in [0.5, 0.6) is 0 Å². The van der Waals surface area contributed by atoms with Crippen LogP contribution in [-0.4, -0.2) is 9.97 Å². The molecule has 3 rings (SSSR count). The largest absolute Gasteiger partial charge is 0.337 e. The number of aryl methyl sites for hydroxylation is 1. The average molecular weight is 215 g/mol. The van der Waals surface area contributed by atoms with Crippen LogP contribution in [0.1, 0.15) is 5.69 Å². The molecule has 2 heterocycles. The molecular weight excluding hydrogens is 206 g/mol. The summed E-state index contributed by atoms with van der Waals surface area (Å²) in [5.74, 6) is 0.860. The average Bonchev–Trinajstić information content (AvgIpc) is 2.26. The molecule has 2 aromatic rings.